The first-order valence-electron chi connectivity index (χ1n) is 7.39. The third-order valence-electron chi connectivity index (χ3n) is 3.95. The van der Waals surface area contributed by atoms with Gasteiger partial charge in [0.05, 0.1) is 6.54 Å². The SMILES string of the molecule is CC1CCCCC1NC(=O)CNC(=O)c1cccc(Cl)c1. The average molecular weight is 309 g/mol. The van der Waals surface area contributed by atoms with Crippen molar-refractivity contribution in [2.24, 2.45) is 5.92 Å². The van der Waals surface area contributed by atoms with Crippen LogP contribution in [0.5, 0.6) is 0 Å². The fourth-order valence-corrected chi connectivity index (χ4v) is 2.87. The molecule has 4 nitrogen and oxygen atoms in total. The van der Waals surface area contributed by atoms with Gasteiger partial charge in [0.25, 0.3) is 5.91 Å². The second-order valence-electron chi connectivity index (χ2n) is 5.63. The zero-order chi connectivity index (χ0) is 15.2. The van der Waals surface area contributed by atoms with Gasteiger partial charge in [-0.3, -0.25) is 9.59 Å². The number of carbonyl (C=O) groups is 2. The van der Waals surface area contributed by atoms with Crippen LogP contribution in [-0.4, -0.2) is 24.4 Å². The Morgan fingerprint density at radius 3 is 2.76 bits per heavy atom. The molecule has 5 heteroatoms. The topological polar surface area (TPSA) is 58.2 Å². The van der Waals surface area contributed by atoms with E-state index in [0.717, 1.165) is 19.3 Å². The molecule has 0 aromatic heterocycles. The molecule has 0 aliphatic heterocycles. The van der Waals surface area contributed by atoms with Gasteiger partial charge >= 0.3 is 0 Å². The molecule has 2 rings (SSSR count). The van der Waals surface area contributed by atoms with Crippen LogP contribution in [0, 0.1) is 5.92 Å². The summed E-state index contributed by atoms with van der Waals surface area (Å²) in [6.45, 7) is 2.16. The molecule has 0 heterocycles. The second kappa shape index (κ2) is 7.46. The van der Waals surface area contributed by atoms with Crippen molar-refractivity contribution >= 4 is 23.4 Å². The first-order valence-corrected chi connectivity index (χ1v) is 7.77. The van der Waals surface area contributed by atoms with Crippen LogP contribution < -0.4 is 10.6 Å². The molecule has 1 aliphatic rings. The Balaban J connectivity index is 1.79. The Bertz CT molecular complexity index is 519. The number of hydrogen-bond donors (Lipinski definition) is 2. The van der Waals surface area contributed by atoms with Gasteiger partial charge in [0.15, 0.2) is 0 Å². The number of halogens is 1. The third-order valence-corrected chi connectivity index (χ3v) is 4.19. The number of nitrogens with one attached hydrogen (secondary N) is 2. The summed E-state index contributed by atoms with van der Waals surface area (Å²) in [5.74, 6) is 0.0832. The van der Waals surface area contributed by atoms with Gasteiger partial charge in [-0.15, -0.1) is 0 Å². The maximum absolute atomic E-state index is 11.9. The summed E-state index contributed by atoms with van der Waals surface area (Å²) in [6.07, 6.45) is 4.57. The smallest absolute Gasteiger partial charge is 0.251 e. The van der Waals surface area contributed by atoms with Crippen LogP contribution in [0.1, 0.15) is 43.0 Å². The summed E-state index contributed by atoms with van der Waals surface area (Å²) < 4.78 is 0. The highest BCUT2D eigenvalue weighted by molar-refractivity contribution is 6.30. The minimum atomic E-state index is -0.288. The van der Waals surface area contributed by atoms with Crippen molar-refractivity contribution < 1.29 is 9.59 Å². The van der Waals surface area contributed by atoms with Crippen LogP contribution in [0.15, 0.2) is 24.3 Å². The molecule has 1 fully saturated rings. The lowest BCUT2D eigenvalue weighted by Crippen LogP contribution is -2.45. The predicted octanol–water partition coefficient (Wildman–Crippen LogP) is 2.76. The van der Waals surface area contributed by atoms with Gasteiger partial charge in [-0.05, 0) is 37.0 Å². The first kappa shape index (κ1) is 15.8. The van der Waals surface area contributed by atoms with E-state index in [2.05, 4.69) is 17.6 Å². The van der Waals surface area contributed by atoms with Gasteiger partial charge in [-0.25, -0.2) is 0 Å². The summed E-state index contributed by atoms with van der Waals surface area (Å²) >= 11 is 5.84. The average Bonchev–Trinajstić information content (AvgIpc) is 2.47. The van der Waals surface area contributed by atoms with Gasteiger partial charge in [0, 0.05) is 16.6 Å². The fraction of sp³-hybridized carbons (Fsp3) is 0.500. The van der Waals surface area contributed by atoms with Crippen LogP contribution >= 0.6 is 11.6 Å². The van der Waals surface area contributed by atoms with Crippen molar-refractivity contribution in [3.8, 4) is 0 Å². The molecular weight excluding hydrogens is 288 g/mol. The monoisotopic (exact) mass is 308 g/mol. The standard InChI is InChI=1S/C16H21ClN2O2/c1-11-5-2-3-8-14(11)19-15(20)10-18-16(21)12-6-4-7-13(17)9-12/h4,6-7,9,11,14H,2-3,5,8,10H2,1H3,(H,18,21)(H,19,20). The number of benzene rings is 1. The van der Waals surface area contributed by atoms with E-state index < -0.39 is 0 Å². The highest BCUT2D eigenvalue weighted by atomic mass is 35.5. The van der Waals surface area contributed by atoms with E-state index in [1.165, 1.54) is 6.42 Å². The molecule has 1 saturated carbocycles. The minimum Gasteiger partial charge on any atom is -0.352 e. The molecule has 114 valence electrons. The van der Waals surface area contributed by atoms with E-state index >= 15 is 0 Å². The second-order valence-corrected chi connectivity index (χ2v) is 6.07. The zero-order valence-electron chi connectivity index (χ0n) is 12.2. The lowest BCUT2D eigenvalue weighted by Gasteiger charge is -2.29. The quantitative estimate of drug-likeness (QED) is 0.898. The molecular formula is C16H21ClN2O2. The maximum Gasteiger partial charge on any atom is 0.251 e. The molecule has 1 aliphatic carbocycles. The number of amides is 2. The zero-order valence-corrected chi connectivity index (χ0v) is 13.0. The summed E-state index contributed by atoms with van der Waals surface area (Å²) in [4.78, 5) is 23.8. The molecule has 1 aromatic carbocycles. The van der Waals surface area contributed by atoms with E-state index in [9.17, 15) is 9.59 Å². The summed E-state index contributed by atoms with van der Waals surface area (Å²) in [7, 11) is 0. The van der Waals surface area contributed by atoms with E-state index in [4.69, 9.17) is 11.6 Å². The molecule has 1 aromatic rings. The van der Waals surface area contributed by atoms with Crippen molar-refractivity contribution in [2.45, 2.75) is 38.6 Å². The fourth-order valence-electron chi connectivity index (χ4n) is 2.68. The van der Waals surface area contributed by atoms with Crippen LogP contribution in [0.4, 0.5) is 0 Å². The Morgan fingerprint density at radius 2 is 2.05 bits per heavy atom. The molecule has 0 radical (unpaired) electrons. The highest BCUT2D eigenvalue weighted by Gasteiger charge is 2.22. The van der Waals surface area contributed by atoms with Crippen molar-refractivity contribution in [3.05, 3.63) is 34.9 Å². The van der Waals surface area contributed by atoms with Crippen molar-refractivity contribution in [3.63, 3.8) is 0 Å². The lowest BCUT2D eigenvalue weighted by atomic mass is 9.86. The molecule has 0 bridgehead atoms. The summed E-state index contributed by atoms with van der Waals surface area (Å²) in [5, 5.41) is 6.13. The van der Waals surface area contributed by atoms with Crippen molar-refractivity contribution in [1.82, 2.24) is 10.6 Å². The lowest BCUT2D eigenvalue weighted by molar-refractivity contribution is -0.121. The largest absolute Gasteiger partial charge is 0.352 e. The number of carbonyl (C=O) groups excluding carboxylic acids is 2. The number of rotatable bonds is 4. The summed E-state index contributed by atoms with van der Waals surface area (Å²) in [5.41, 5.74) is 0.460. The molecule has 0 spiro atoms. The molecule has 2 unspecified atom stereocenters. The van der Waals surface area contributed by atoms with E-state index in [0.29, 0.717) is 16.5 Å². The van der Waals surface area contributed by atoms with E-state index in [1.807, 2.05) is 0 Å². The van der Waals surface area contributed by atoms with Crippen molar-refractivity contribution in [1.29, 1.82) is 0 Å². The maximum atomic E-state index is 11.9. The van der Waals surface area contributed by atoms with Crippen LogP contribution in [0.2, 0.25) is 5.02 Å². The Morgan fingerprint density at radius 1 is 1.29 bits per heavy atom. The summed E-state index contributed by atoms with van der Waals surface area (Å²) in [6, 6.07) is 6.89. The minimum absolute atomic E-state index is 0.00539. The number of hydrogen-bond acceptors (Lipinski definition) is 2. The van der Waals surface area contributed by atoms with E-state index in [-0.39, 0.29) is 24.4 Å². The predicted molar refractivity (Wildman–Crippen MR) is 83.3 cm³/mol. The van der Waals surface area contributed by atoms with Crippen LogP contribution in [-0.2, 0) is 4.79 Å². The Hall–Kier alpha value is -1.55. The van der Waals surface area contributed by atoms with E-state index in [1.54, 1.807) is 24.3 Å². The van der Waals surface area contributed by atoms with Crippen molar-refractivity contribution in [2.75, 3.05) is 6.54 Å². The Kier molecular flexibility index (Phi) is 5.62. The van der Waals surface area contributed by atoms with Gasteiger partial charge < -0.3 is 10.6 Å². The molecule has 0 saturated heterocycles. The molecule has 2 amide bonds. The van der Waals surface area contributed by atoms with Crippen LogP contribution in [0.25, 0.3) is 0 Å². The first-order chi connectivity index (χ1) is 10.1. The highest BCUT2D eigenvalue weighted by Crippen LogP contribution is 2.23. The van der Waals surface area contributed by atoms with Gasteiger partial charge in [0.1, 0.15) is 0 Å². The third kappa shape index (κ3) is 4.74. The van der Waals surface area contributed by atoms with Crippen LogP contribution in [0.3, 0.4) is 0 Å². The van der Waals surface area contributed by atoms with Gasteiger partial charge in [-0.2, -0.15) is 0 Å². The normalized spacial score (nSPS) is 21.6. The van der Waals surface area contributed by atoms with Gasteiger partial charge in [0.2, 0.25) is 5.91 Å². The molecule has 2 N–H and O–H groups in total. The molecule has 21 heavy (non-hydrogen) atoms. The Labute approximate surface area is 130 Å². The van der Waals surface area contributed by atoms with Gasteiger partial charge in [-0.1, -0.05) is 37.4 Å². The molecule has 2 atom stereocenters.